The van der Waals surface area contributed by atoms with E-state index >= 15 is 0 Å². The first-order valence-electron chi connectivity index (χ1n) is 7.71. The zero-order valence-electron chi connectivity index (χ0n) is 14.9. The summed E-state index contributed by atoms with van der Waals surface area (Å²) in [7, 11) is 0. The Labute approximate surface area is 170 Å². The van der Waals surface area contributed by atoms with Gasteiger partial charge < -0.3 is 5.11 Å². The molecule has 0 aliphatic rings. The van der Waals surface area contributed by atoms with Crippen molar-refractivity contribution in [2.24, 2.45) is 0 Å². The third-order valence-corrected chi connectivity index (χ3v) is 4.25. The molecule has 1 atom stereocenters. The molecule has 0 bridgehead atoms. The summed E-state index contributed by atoms with van der Waals surface area (Å²) in [6, 6.07) is 0.187. The van der Waals surface area contributed by atoms with Gasteiger partial charge in [-0.1, -0.05) is 12.1 Å². The molecule has 0 amide bonds. The zero-order chi connectivity index (χ0) is 26.7. The molecule has 1 unspecified atom stereocenters. The topological polar surface area (TPSA) is 20.2 Å². The molecule has 0 saturated heterocycles. The van der Waals surface area contributed by atoms with Gasteiger partial charge in [0.2, 0.25) is 0 Å². The monoisotopic (exact) mass is 526 g/mol. The van der Waals surface area contributed by atoms with Gasteiger partial charge in [-0.25, -0.2) is 4.39 Å². The molecule has 0 aliphatic heterocycles. The van der Waals surface area contributed by atoms with Crippen LogP contribution in [0.1, 0.15) is 12.0 Å². The summed E-state index contributed by atoms with van der Waals surface area (Å²) < 4.78 is 223. The van der Waals surface area contributed by atoms with E-state index in [1.807, 2.05) is 0 Å². The van der Waals surface area contributed by atoms with Gasteiger partial charge in [0, 0.05) is 0 Å². The quantitative estimate of drug-likeness (QED) is 0.392. The molecule has 0 saturated carbocycles. The number of hydrogen-bond donors (Lipinski definition) is 1. The van der Waals surface area contributed by atoms with E-state index < -0.39 is 71.4 Å². The first-order chi connectivity index (χ1) is 14.2. The fourth-order valence-corrected chi connectivity index (χ4v) is 2.35. The second-order valence-electron chi connectivity index (χ2n) is 6.54. The van der Waals surface area contributed by atoms with E-state index in [2.05, 4.69) is 0 Å². The van der Waals surface area contributed by atoms with Crippen LogP contribution in [0.4, 0.5) is 74.6 Å². The Bertz CT molecular complexity index is 853. The molecule has 18 heteroatoms. The molecular formula is C15H7F17O. The number of halogens is 17. The Balaban J connectivity index is 3.67. The van der Waals surface area contributed by atoms with E-state index in [0.29, 0.717) is 6.07 Å². The van der Waals surface area contributed by atoms with Gasteiger partial charge >= 0.3 is 42.0 Å². The average molecular weight is 526 g/mol. The van der Waals surface area contributed by atoms with E-state index in [1.54, 1.807) is 0 Å². The first-order valence-corrected chi connectivity index (χ1v) is 7.71. The molecule has 0 spiro atoms. The van der Waals surface area contributed by atoms with Crippen molar-refractivity contribution in [1.82, 2.24) is 0 Å². The molecular weight excluding hydrogens is 519 g/mol. The Morgan fingerprint density at radius 3 is 1.36 bits per heavy atom. The van der Waals surface area contributed by atoms with Crippen LogP contribution >= 0.6 is 0 Å². The minimum Gasteiger partial charge on any atom is -0.376 e. The van der Waals surface area contributed by atoms with Crippen molar-refractivity contribution in [2.45, 2.75) is 54.0 Å². The van der Waals surface area contributed by atoms with Gasteiger partial charge in [0.05, 0.1) is 6.42 Å². The van der Waals surface area contributed by atoms with Crippen LogP contribution in [0.15, 0.2) is 24.3 Å². The second kappa shape index (κ2) is 7.76. The molecule has 0 fully saturated rings. The van der Waals surface area contributed by atoms with E-state index in [1.165, 1.54) is 0 Å². The lowest BCUT2D eigenvalue weighted by molar-refractivity contribution is -0.443. The summed E-state index contributed by atoms with van der Waals surface area (Å²) in [6.07, 6.45) is -18.2. The third kappa shape index (κ3) is 4.29. The molecule has 1 aromatic carbocycles. The SMILES string of the molecule is OC(CC(F)(F)C(F)(F)C(F)(F)C(F)(F)C(F)(F)C(F)(F)F)(c1cccc(F)c1)C(F)(F)F. The highest BCUT2D eigenvalue weighted by molar-refractivity contribution is 5.26. The predicted molar refractivity (Wildman–Crippen MR) is 71.8 cm³/mol. The molecule has 1 nitrogen and oxygen atoms in total. The van der Waals surface area contributed by atoms with Crippen LogP contribution in [-0.2, 0) is 5.60 Å². The normalized spacial score (nSPS) is 17.2. The molecule has 0 aliphatic carbocycles. The number of aliphatic hydroxyl groups is 1. The zero-order valence-corrected chi connectivity index (χ0v) is 14.9. The van der Waals surface area contributed by atoms with Crippen molar-refractivity contribution >= 4 is 0 Å². The minimum atomic E-state index is -8.34. The fourth-order valence-electron chi connectivity index (χ4n) is 2.35. The molecule has 1 aromatic rings. The highest BCUT2D eigenvalue weighted by atomic mass is 19.4. The van der Waals surface area contributed by atoms with E-state index in [0.717, 1.165) is 0 Å². The number of rotatable bonds is 7. The summed E-state index contributed by atoms with van der Waals surface area (Å²) in [6.45, 7) is 0. The van der Waals surface area contributed by atoms with Gasteiger partial charge in [0.1, 0.15) is 5.82 Å². The van der Waals surface area contributed by atoms with Gasteiger partial charge in [-0.3, -0.25) is 0 Å². The van der Waals surface area contributed by atoms with Gasteiger partial charge in [0.15, 0.2) is 5.60 Å². The number of hydrogen-bond acceptors (Lipinski definition) is 1. The summed E-state index contributed by atoms with van der Waals surface area (Å²) in [5.41, 5.74) is -7.43. The summed E-state index contributed by atoms with van der Waals surface area (Å²) in [4.78, 5) is 0. The molecule has 1 N–H and O–H groups in total. The fraction of sp³-hybridized carbons (Fsp3) is 0.600. The lowest BCUT2D eigenvalue weighted by Gasteiger charge is -2.42. The Morgan fingerprint density at radius 1 is 0.576 bits per heavy atom. The van der Waals surface area contributed by atoms with E-state index in [4.69, 9.17) is 0 Å². The second-order valence-corrected chi connectivity index (χ2v) is 6.54. The van der Waals surface area contributed by atoms with E-state index in [9.17, 15) is 79.7 Å². The molecule has 0 heterocycles. The first kappa shape index (κ1) is 29.0. The minimum absolute atomic E-state index is 0.0324. The molecule has 1 rings (SSSR count). The van der Waals surface area contributed by atoms with Crippen LogP contribution < -0.4 is 0 Å². The molecule has 0 aromatic heterocycles. The lowest BCUT2D eigenvalue weighted by Crippen LogP contribution is -2.70. The van der Waals surface area contributed by atoms with Crippen molar-refractivity contribution in [3.63, 3.8) is 0 Å². The summed E-state index contributed by atoms with van der Waals surface area (Å²) in [5.74, 6) is -41.7. The molecule has 192 valence electrons. The smallest absolute Gasteiger partial charge is 0.376 e. The number of alkyl halides is 16. The third-order valence-electron chi connectivity index (χ3n) is 4.25. The highest BCUT2D eigenvalue weighted by Crippen LogP contribution is 2.62. The van der Waals surface area contributed by atoms with Crippen molar-refractivity contribution in [1.29, 1.82) is 0 Å². The van der Waals surface area contributed by atoms with Crippen LogP contribution in [-0.4, -0.2) is 47.1 Å². The van der Waals surface area contributed by atoms with Crippen molar-refractivity contribution in [3.8, 4) is 0 Å². The summed E-state index contributed by atoms with van der Waals surface area (Å²) >= 11 is 0. The highest BCUT2D eigenvalue weighted by Gasteiger charge is 2.91. The van der Waals surface area contributed by atoms with E-state index in [-0.39, 0.29) is 12.1 Å². The predicted octanol–water partition coefficient (Wildman–Crippen LogP) is 6.70. The Morgan fingerprint density at radius 2 is 1.00 bits per heavy atom. The maximum Gasteiger partial charge on any atom is 0.460 e. The standard InChI is InChI=1S/C15H7F17O/c16-7-3-1-2-6(4-7)8(33,14(27,28)29)5-9(17,18)10(19,20)11(21,22)12(23,24)13(25,26)15(30,31)32/h1-4,33H,5H2. The lowest BCUT2D eigenvalue weighted by atomic mass is 9.82. The summed E-state index contributed by atoms with van der Waals surface area (Å²) in [5, 5.41) is 9.53. The van der Waals surface area contributed by atoms with Crippen molar-refractivity contribution in [3.05, 3.63) is 35.6 Å². The Kier molecular flexibility index (Phi) is 6.82. The van der Waals surface area contributed by atoms with Gasteiger partial charge in [0.25, 0.3) is 0 Å². The van der Waals surface area contributed by atoms with Gasteiger partial charge in [-0.2, -0.15) is 70.2 Å². The average Bonchev–Trinajstić information content (AvgIpc) is 2.58. The van der Waals surface area contributed by atoms with Crippen LogP contribution in [0, 0.1) is 5.82 Å². The Hall–Kier alpha value is -2.01. The maximum absolute atomic E-state index is 13.9. The van der Waals surface area contributed by atoms with Crippen LogP contribution in [0.3, 0.4) is 0 Å². The van der Waals surface area contributed by atoms with Crippen LogP contribution in [0.2, 0.25) is 0 Å². The molecule has 0 radical (unpaired) electrons. The van der Waals surface area contributed by atoms with Crippen molar-refractivity contribution in [2.75, 3.05) is 0 Å². The largest absolute Gasteiger partial charge is 0.460 e. The molecule has 33 heavy (non-hydrogen) atoms. The maximum atomic E-state index is 13.9. The van der Waals surface area contributed by atoms with Gasteiger partial charge in [-0.15, -0.1) is 0 Å². The van der Waals surface area contributed by atoms with Crippen LogP contribution in [0.5, 0.6) is 0 Å². The van der Waals surface area contributed by atoms with Crippen LogP contribution in [0.25, 0.3) is 0 Å². The number of benzene rings is 1. The van der Waals surface area contributed by atoms with Gasteiger partial charge in [-0.05, 0) is 17.7 Å². The van der Waals surface area contributed by atoms with Crippen molar-refractivity contribution < 1.29 is 79.7 Å².